The zero-order chi connectivity index (χ0) is 9.19. The van der Waals surface area contributed by atoms with Crippen LogP contribution in [-0.2, 0) is 4.79 Å². The molecule has 0 amide bonds. The Morgan fingerprint density at radius 1 is 1.75 bits per heavy atom. The molecule has 1 aliphatic rings. The van der Waals surface area contributed by atoms with Gasteiger partial charge in [0, 0.05) is 12.8 Å². The fraction of sp³-hybridized carbons (Fsp3) is 0.700. The minimum atomic E-state index is -0.614. The van der Waals surface area contributed by atoms with Crippen molar-refractivity contribution < 1.29 is 4.79 Å². The summed E-state index contributed by atoms with van der Waals surface area (Å²) in [5, 5.41) is 0. The van der Waals surface area contributed by atoms with Crippen molar-refractivity contribution in [3.8, 4) is 12.3 Å². The smallest absolute Gasteiger partial charge is 0.153 e. The topological polar surface area (TPSA) is 43.1 Å². The molecule has 0 aromatic carbocycles. The van der Waals surface area contributed by atoms with Gasteiger partial charge in [0.05, 0.1) is 5.54 Å². The van der Waals surface area contributed by atoms with Gasteiger partial charge >= 0.3 is 0 Å². The normalized spacial score (nSPS) is 21.1. The van der Waals surface area contributed by atoms with Crippen molar-refractivity contribution in [2.24, 2.45) is 11.7 Å². The van der Waals surface area contributed by atoms with E-state index >= 15 is 0 Å². The number of hydrogen-bond acceptors (Lipinski definition) is 2. The first-order valence-corrected chi connectivity index (χ1v) is 4.34. The number of hydrogen-bond donors (Lipinski definition) is 1. The van der Waals surface area contributed by atoms with E-state index in [9.17, 15) is 4.79 Å². The second kappa shape index (κ2) is 3.28. The molecule has 0 bridgehead atoms. The summed E-state index contributed by atoms with van der Waals surface area (Å²) in [5.41, 5.74) is 5.27. The molecule has 1 rings (SSSR count). The lowest BCUT2D eigenvalue weighted by atomic mass is 9.89. The van der Waals surface area contributed by atoms with Crippen molar-refractivity contribution in [1.82, 2.24) is 0 Å². The quantitative estimate of drug-likeness (QED) is 0.634. The van der Waals surface area contributed by atoms with Gasteiger partial charge in [-0.3, -0.25) is 4.79 Å². The van der Waals surface area contributed by atoms with Gasteiger partial charge in [-0.1, -0.05) is 0 Å². The summed E-state index contributed by atoms with van der Waals surface area (Å²) in [6.45, 7) is 1.82. The summed E-state index contributed by atoms with van der Waals surface area (Å²) < 4.78 is 0. The largest absolute Gasteiger partial charge is 0.319 e. The molecule has 0 aliphatic heterocycles. The van der Waals surface area contributed by atoms with Gasteiger partial charge in [-0.25, -0.2) is 0 Å². The van der Waals surface area contributed by atoms with E-state index in [1.807, 2.05) is 6.92 Å². The van der Waals surface area contributed by atoms with E-state index in [1.165, 1.54) is 0 Å². The van der Waals surface area contributed by atoms with E-state index in [2.05, 4.69) is 5.92 Å². The van der Waals surface area contributed by atoms with E-state index in [-0.39, 0.29) is 5.78 Å². The molecule has 1 atom stereocenters. The number of nitrogens with two attached hydrogens (primary N) is 1. The molecule has 0 heterocycles. The van der Waals surface area contributed by atoms with Gasteiger partial charge in [0.2, 0.25) is 0 Å². The lowest BCUT2D eigenvalue weighted by Crippen LogP contribution is -2.46. The molecule has 2 N–H and O–H groups in total. The minimum Gasteiger partial charge on any atom is -0.319 e. The van der Waals surface area contributed by atoms with Gasteiger partial charge in [-0.05, 0) is 25.7 Å². The zero-order valence-electron chi connectivity index (χ0n) is 7.47. The Kier molecular flexibility index (Phi) is 2.54. The number of terminal acetylenes is 1. The standard InChI is InChI=1S/C10H15NO/c1-3-4-5-9(12)10(2,11)8-6-7-8/h1,8H,4-7,11H2,2H3. The lowest BCUT2D eigenvalue weighted by Gasteiger charge is -2.21. The van der Waals surface area contributed by atoms with Gasteiger partial charge in [0.25, 0.3) is 0 Å². The Balaban J connectivity index is 2.44. The predicted molar refractivity (Wildman–Crippen MR) is 48.4 cm³/mol. The number of carbonyl (C=O) groups excluding carboxylic acids is 1. The first-order chi connectivity index (χ1) is 5.59. The van der Waals surface area contributed by atoms with Crippen LogP contribution in [-0.4, -0.2) is 11.3 Å². The number of rotatable bonds is 4. The highest BCUT2D eigenvalue weighted by atomic mass is 16.1. The van der Waals surface area contributed by atoms with Gasteiger partial charge in [-0.2, -0.15) is 0 Å². The van der Waals surface area contributed by atoms with Crippen LogP contribution in [0.25, 0.3) is 0 Å². The van der Waals surface area contributed by atoms with E-state index < -0.39 is 5.54 Å². The molecule has 0 aromatic rings. The molecule has 1 saturated carbocycles. The third-order valence-corrected chi connectivity index (χ3v) is 2.52. The van der Waals surface area contributed by atoms with Crippen molar-refractivity contribution in [3.63, 3.8) is 0 Å². The molecular weight excluding hydrogens is 150 g/mol. The van der Waals surface area contributed by atoms with Gasteiger partial charge < -0.3 is 5.73 Å². The maximum atomic E-state index is 11.5. The third-order valence-electron chi connectivity index (χ3n) is 2.52. The van der Waals surface area contributed by atoms with Crippen molar-refractivity contribution in [2.45, 2.75) is 38.1 Å². The molecular formula is C10H15NO. The van der Waals surface area contributed by atoms with Crippen LogP contribution < -0.4 is 5.73 Å². The average molecular weight is 165 g/mol. The number of Topliss-reactive ketones (excluding diaryl/α,β-unsaturated/α-hetero) is 1. The van der Waals surface area contributed by atoms with Crippen LogP contribution in [0.4, 0.5) is 0 Å². The Labute approximate surface area is 73.5 Å². The zero-order valence-corrected chi connectivity index (χ0v) is 7.47. The first kappa shape index (κ1) is 9.28. The Bertz CT molecular complexity index is 220. The Morgan fingerprint density at radius 2 is 2.33 bits per heavy atom. The summed E-state index contributed by atoms with van der Waals surface area (Å²) in [4.78, 5) is 11.5. The van der Waals surface area contributed by atoms with Crippen LogP contribution in [0.15, 0.2) is 0 Å². The molecule has 1 fully saturated rings. The van der Waals surface area contributed by atoms with Crippen LogP contribution >= 0.6 is 0 Å². The first-order valence-electron chi connectivity index (χ1n) is 4.34. The second-order valence-electron chi connectivity index (χ2n) is 3.68. The van der Waals surface area contributed by atoms with Crippen molar-refractivity contribution in [3.05, 3.63) is 0 Å². The second-order valence-corrected chi connectivity index (χ2v) is 3.68. The Hall–Kier alpha value is -0.810. The van der Waals surface area contributed by atoms with Crippen LogP contribution in [0.1, 0.15) is 32.6 Å². The average Bonchev–Trinajstić information content (AvgIpc) is 2.81. The Morgan fingerprint density at radius 3 is 2.75 bits per heavy atom. The molecule has 0 aromatic heterocycles. The molecule has 2 nitrogen and oxygen atoms in total. The van der Waals surface area contributed by atoms with E-state index in [1.54, 1.807) is 0 Å². The van der Waals surface area contributed by atoms with Crippen LogP contribution in [0.5, 0.6) is 0 Å². The van der Waals surface area contributed by atoms with Gasteiger partial charge in [-0.15, -0.1) is 12.3 Å². The van der Waals surface area contributed by atoms with Gasteiger partial charge in [0.15, 0.2) is 5.78 Å². The van der Waals surface area contributed by atoms with E-state index in [0.717, 1.165) is 12.8 Å². The highest BCUT2D eigenvalue weighted by molar-refractivity contribution is 5.88. The highest BCUT2D eigenvalue weighted by Gasteiger charge is 2.42. The van der Waals surface area contributed by atoms with Crippen LogP contribution in [0.3, 0.4) is 0 Å². The van der Waals surface area contributed by atoms with Crippen molar-refractivity contribution >= 4 is 5.78 Å². The highest BCUT2D eigenvalue weighted by Crippen LogP contribution is 2.38. The number of carbonyl (C=O) groups is 1. The SMILES string of the molecule is C#CCCC(=O)C(C)(N)C1CC1. The molecule has 66 valence electrons. The summed E-state index contributed by atoms with van der Waals surface area (Å²) >= 11 is 0. The number of ketones is 1. The van der Waals surface area contributed by atoms with Gasteiger partial charge in [0.1, 0.15) is 0 Å². The summed E-state index contributed by atoms with van der Waals surface area (Å²) in [6, 6.07) is 0. The molecule has 1 aliphatic carbocycles. The van der Waals surface area contributed by atoms with Crippen LogP contribution in [0.2, 0.25) is 0 Å². The maximum absolute atomic E-state index is 11.5. The predicted octanol–water partition coefficient (Wildman–Crippen LogP) is 1.10. The van der Waals surface area contributed by atoms with Crippen molar-refractivity contribution in [2.75, 3.05) is 0 Å². The molecule has 12 heavy (non-hydrogen) atoms. The van der Waals surface area contributed by atoms with Crippen molar-refractivity contribution in [1.29, 1.82) is 0 Å². The third kappa shape index (κ3) is 1.86. The lowest BCUT2D eigenvalue weighted by molar-refractivity contribution is -0.124. The molecule has 2 heteroatoms. The molecule has 0 radical (unpaired) electrons. The molecule has 0 spiro atoms. The van der Waals surface area contributed by atoms with E-state index in [0.29, 0.717) is 18.8 Å². The molecule has 0 saturated heterocycles. The summed E-state index contributed by atoms with van der Waals surface area (Å²) in [7, 11) is 0. The van der Waals surface area contributed by atoms with E-state index in [4.69, 9.17) is 12.2 Å². The van der Waals surface area contributed by atoms with Crippen LogP contribution in [0, 0.1) is 18.3 Å². The fourth-order valence-corrected chi connectivity index (χ4v) is 1.37. The molecule has 1 unspecified atom stereocenters. The summed E-state index contributed by atoms with van der Waals surface area (Å²) in [6.07, 6.45) is 8.20. The maximum Gasteiger partial charge on any atom is 0.153 e. The minimum absolute atomic E-state index is 0.114. The monoisotopic (exact) mass is 165 g/mol. The summed E-state index contributed by atoms with van der Waals surface area (Å²) in [5.74, 6) is 2.97. The fourth-order valence-electron chi connectivity index (χ4n) is 1.37.